The van der Waals surface area contributed by atoms with Crippen LogP contribution in [0.3, 0.4) is 0 Å². The Labute approximate surface area is 242 Å². The van der Waals surface area contributed by atoms with Crippen LogP contribution >= 0.6 is 0 Å². The fourth-order valence-corrected chi connectivity index (χ4v) is 6.19. The summed E-state index contributed by atoms with van der Waals surface area (Å²) >= 11 is 0. The number of carbonyl (C=O) groups excluding carboxylic acids is 1. The van der Waals surface area contributed by atoms with E-state index >= 15 is 0 Å². The SMILES string of the molecule is CC(C)(C)NS(=O)(=O)c1ccccc1-c1ccc(NC(=O)CN(Cc2ccccc2)Cc2cccc(C#N)c2)cc1. The molecule has 210 valence electrons. The minimum Gasteiger partial charge on any atom is -0.325 e. The normalized spacial score (nSPS) is 11.7. The van der Waals surface area contributed by atoms with Gasteiger partial charge in [0.05, 0.1) is 23.1 Å². The molecule has 0 spiro atoms. The molecule has 4 aromatic carbocycles. The number of amides is 1. The molecule has 4 rings (SSSR count). The molecule has 8 heteroatoms. The summed E-state index contributed by atoms with van der Waals surface area (Å²) in [5.41, 5.74) is 3.90. The van der Waals surface area contributed by atoms with Crippen molar-refractivity contribution in [3.8, 4) is 17.2 Å². The molecule has 0 radical (unpaired) electrons. The Hall–Kier alpha value is -4.29. The monoisotopic (exact) mass is 566 g/mol. The average molecular weight is 567 g/mol. The second-order valence-electron chi connectivity index (χ2n) is 10.9. The van der Waals surface area contributed by atoms with Crippen LogP contribution in [0.1, 0.15) is 37.5 Å². The molecule has 0 atom stereocenters. The molecule has 2 N–H and O–H groups in total. The molecule has 1 amide bonds. The van der Waals surface area contributed by atoms with Crippen molar-refractivity contribution in [2.24, 2.45) is 0 Å². The second kappa shape index (κ2) is 12.9. The van der Waals surface area contributed by atoms with E-state index in [-0.39, 0.29) is 17.3 Å². The number of benzene rings is 4. The molecule has 0 unspecified atom stereocenters. The molecular formula is C33H34N4O3S. The maximum absolute atomic E-state index is 13.1. The van der Waals surface area contributed by atoms with Crippen molar-refractivity contribution < 1.29 is 13.2 Å². The van der Waals surface area contributed by atoms with Gasteiger partial charge in [0.2, 0.25) is 15.9 Å². The Bertz CT molecular complexity index is 1640. The van der Waals surface area contributed by atoms with Gasteiger partial charge in [-0.05, 0) is 67.8 Å². The van der Waals surface area contributed by atoms with E-state index in [1.165, 1.54) is 0 Å². The zero-order chi connectivity index (χ0) is 29.5. The van der Waals surface area contributed by atoms with Crippen molar-refractivity contribution in [2.45, 2.75) is 44.3 Å². The number of sulfonamides is 1. The van der Waals surface area contributed by atoms with Gasteiger partial charge in [0.1, 0.15) is 0 Å². The van der Waals surface area contributed by atoms with E-state index in [9.17, 15) is 18.5 Å². The first-order valence-electron chi connectivity index (χ1n) is 13.3. The summed E-state index contributed by atoms with van der Waals surface area (Å²) in [5.74, 6) is -0.178. The van der Waals surface area contributed by atoms with Gasteiger partial charge in [-0.2, -0.15) is 5.26 Å². The minimum absolute atomic E-state index is 0.146. The molecule has 0 saturated carbocycles. The predicted molar refractivity (Wildman–Crippen MR) is 162 cm³/mol. The van der Waals surface area contributed by atoms with Crippen molar-refractivity contribution in [1.29, 1.82) is 5.26 Å². The molecule has 0 aliphatic carbocycles. The highest BCUT2D eigenvalue weighted by Gasteiger charge is 2.24. The van der Waals surface area contributed by atoms with Gasteiger partial charge in [0.15, 0.2) is 0 Å². The van der Waals surface area contributed by atoms with Crippen LogP contribution in [0.25, 0.3) is 11.1 Å². The number of nitrogens with zero attached hydrogens (tertiary/aromatic N) is 2. The predicted octanol–water partition coefficient (Wildman–Crippen LogP) is 5.94. The fourth-order valence-electron chi connectivity index (χ4n) is 4.54. The van der Waals surface area contributed by atoms with Crippen LogP contribution in [0.5, 0.6) is 0 Å². The van der Waals surface area contributed by atoms with Crippen molar-refractivity contribution in [2.75, 3.05) is 11.9 Å². The van der Waals surface area contributed by atoms with E-state index in [1.54, 1.807) is 75.4 Å². The molecule has 0 aliphatic heterocycles. The van der Waals surface area contributed by atoms with Gasteiger partial charge in [0.25, 0.3) is 0 Å². The minimum atomic E-state index is -3.74. The molecule has 4 aromatic rings. The molecular weight excluding hydrogens is 532 g/mol. The Kier molecular flexibility index (Phi) is 9.35. The number of carbonyl (C=O) groups is 1. The maximum Gasteiger partial charge on any atom is 0.241 e. The Morgan fingerprint density at radius 3 is 2.15 bits per heavy atom. The summed E-state index contributed by atoms with van der Waals surface area (Å²) in [6, 6.07) is 33.5. The first-order chi connectivity index (χ1) is 19.5. The van der Waals surface area contributed by atoms with Crippen LogP contribution in [-0.2, 0) is 27.9 Å². The highest BCUT2D eigenvalue weighted by molar-refractivity contribution is 7.89. The first kappa shape index (κ1) is 29.7. The van der Waals surface area contributed by atoms with Gasteiger partial charge in [-0.25, -0.2) is 13.1 Å². The second-order valence-corrected chi connectivity index (χ2v) is 12.6. The average Bonchev–Trinajstić information content (AvgIpc) is 2.93. The molecule has 0 fully saturated rings. The van der Waals surface area contributed by atoms with Crippen molar-refractivity contribution >= 4 is 21.6 Å². The third-order valence-corrected chi connectivity index (χ3v) is 7.99. The lowest BCUT2D eigenvalue weighted by Crippen LogP contribution is -2.40. The summed E-state index contributed by atoms with van der Waals surface area (Å²) in [6.07, 6.45) is 0. The molecule has 7 nitrogen and oxygen atoms in total. The molecule has 0 saturated heterocycles. The third-order valence-electron chi connectivity index (χ3n) is 6.18. The van der Waals surface area contributed by atoms with Crippen molar-refractivity contribution in [1.82, 2.24) is 9.62 Å². The van der Waals surface area contributed by atoms with Crippen LogP contribution in [0.2, 0.25) is 0 Å². The number of rotatable bonds is 10. The Morgan fingerprint density at radius 1 is 0.829 bits per heavy atom. The Balaban J connectivity index is 1.49. The smallest absolute Gasteiger partial charge is 0.241 e. The summed E-state index contributed by atoms with van der Waals surface area (Å²) in [6.45, 7) is 6.62. The van der Waals surface area contributed by atoms with Gasteiger partial charge in [-0.3, -0.25) is 9.69 Å². The molecule has 0 bridgehead atoms. The van der Waals surface area contributed by atoms with E-state index < -0.39 is 15.6 Å². The van der Waals surface area contributed by atoms with Crippen LogP contribution in [0.15, 0.2) is 108 Å². The van der Waals surface area contributed by atoms with Crippen LogP contribution < -0.4 is 10.0 Å². The van der Waals surface area contributed by atoms with E-state index in [2.05, 4.69) is 16.1 Å². The fraction of sp³-hybridized carbons (Fsp3) is 0.212. The summed E-state index contributed by atoms with van der Waals surface area (Å²) in [7, 11) is -3.74. The Morgan fingerprint density at radius 2 is 1.46 bits per heavy atom. The lowest BCUT2D eigenvalue weighted by molar-refractivity contribution is -0.117. The number of hydrogen-bond acceptors (Lipinski definition) is 5. The van der Waals surface area contributed by atoms with E-state index in [0.717, 1.165) is 16.7 Å². The van der Waals surface area contributed by atoms with Gasteiger partial charge in [0, 0.05) is 29.9 Å². The zero-order valence-corrected chi connectivity index (χ0v) is 24.3. The number of nitrogens with one attached hydrogen (secondary N) is 2. The quantitative estimate of drug-likeness (QED) is 0.247. The summed E-state index contributed by atoms with van der Waals surface area (Å²) < 4.78 is 28.8. The van der Waals surface area contributed by atoms with Gasteiger partial charge >= 0.3 is 0 Å². The number of hydrogen-bond donors (Lipinski definition) is 2. The lowest BCUT2D eigenvalue weighted by Gasteiger charge is -2.22. The van der Waals surface area contributed by atoms with Crippen LogP contribution in [-0.4, -0.2) is 31.3 Å². The van der Waals surface area contributed by atoms with E-state index in [4.69, 9.17) is 0 Å². The van der Waals surface area contributed by atoms with Crippen LogP contribution in [0, 0.1) is 11.3 Å². The third kappa shape index (κ3) is 8.60. The number of anilines is 1. The molecule has 41 heavy (non-hydrogen) atoms. The first-order valence-corrected chi connectivity index (χ1v) is 14.8. The highest BCUT2D eigenvalue weighted by atomic mass is 32.2. The van der Waals surface area contributed by atoms with E-state index in [1.807, 2.05) is 53.4 Å². The summed E-state index contributed by atoms with van der Waals surface area (Å²) in [5, 5.41) is 12.2. The standard InChI is InChI=1S/C33H34N4O3S/c1-33(2,3)36-41(39,40)31-15-8-7-14-30(31)28-16-18-29(19-17-28)35-32(38)24-37(22-25-10-5-4-6-11-25)23-27-13-9-12-26(20-27)21-34/h4-20,36H,22-24H2,1-3H3,(H,35,38). The topological polar surface area (TPSA) is 102 Å². The zero-order valence-electron chi connectivity index (χ0n) is 23.5. The van der Waals surface area contributed by atoms with Gasteiger partial charge in [-0.1, -0.05) is 72.8 Å². The maximum atomic E-state index is 13.1. The van der Waals surface area contributed by atoms with Crippen molar-refractivity contribution in [3.63, 3.8) is 0 Å². The lowest BCUT2D eigenvalue weighted by atomic mass is 10.1. The largest absolute Gasteiger partial charge is 0.325 e. The van der Waals surface area contributed by atoms with Crippen LogP contribution in [0.4, 0.5) is 5.69 Å². The highest BCUT2D eigenvalue weighted by Crippen LogP contribution is 2.29. The molecule has 0 heterocycles. The van der Waals surface area contributed by atoms with Gasteiger partial charge < -0.3 is 5.32 Å². The van der Waals surface area contributed by atoms with Gasteiger partial charge in [-0.15, -0.1) is 0 Å². The number of nitriles is 1. The van der Waals surface area contributed by atoms with E-state index in [0.29, 0.717) is 29.9 Å². The summed E-state index contributed by atoms with van der Waals surface area (Å²) in [4.78, 5) is 15.3. The molecule has 0 aromatic heterocycles. The molecule has 0 aliphatic rings. The van der Waals surface area contributed by atoms with Crippen molar-refractivity contribution in [3.05, 3.63) is 120 Å².